The average molecular weight is 321 g/mol. The molecule has 0 aliphatic carbocycles. The van der Waals surface area contributed by atoms with Crippen molar-refractivity contribution in [2.24, 2.45) is 0 Å². The van der Waals surface area contributed by atoms with Gasteiger partial charge in [-0.25, -0.2) is 0 Å². The smallest absolute Gasteiger partial charge is 0.652 e. The van der Waals surface area contributed by atoms with Crippen LogP contribution < -0.4 is 90.7 Å². The molecule has 12 heavy (non-hydrogen) atoms. The first kappa shape index (κ1) is 36.7. The van der Waals surface area contributed by atoms with Crippen molar-refractivity contribution in [3.05, 3.63) is 0 Å². The van der Waals surface area contributed by atoms with Gasteiger partial charge in [-0.1, -0.05) is 0 Å². The second kappa shape index (κ2) is 29.2. The molecule has 0 unspecified atom stereocenters. The predicted octanol–water partition coefficient (Wildman–Crippen LogP) is -12.1. The Hall–Kier alpha value is 2.31. The number of hydrogen-bond acceptors (Lipinski definition) is 6. The minimum atomic E-state index is -2.33. The molecule has 0 aromatic heterocycles. The Labute approximate surface area is 163 Å². The molecule has 0 rings (SSSR count). The zero-order chi connectivity index (χ0) is 7.15. The molecule has 0 aliphatic heterocycles. The van der Waals surface area contributed by atoms with Gasteiger partial charge in [0.2, 0.25) is 0 Å². The minimum absolute atomic E-state index is 0. The van der Waals surface area contributed by atoms with E-state index in [2.05, 4.69) is 0 Å². The van der Waals surface area contributed by atoms with E-state index in [-0.39, 0.29) is 125 Å². The van der Waals surface area contributed by atoms with Crippen LogP contribution >= 0.6 is 0 Å². The summed E-state index contributed by atoms with van der Waals surface area (Å²) in [4.78, 5) is 16.7. The van der Waals surface area contributed by atoms with Gasteiger partial charge in [0.05, 0.1) is 0 Å². The van der Waals surface area contributed by atoms with Crippen LogP contribution in [0.5, 0.6) is 0 Å². The number of hydrogen-bond donors (Lipinski definition) is 0. The predicted molar refractivity (Wildman–Crippen MR) is 20.2 cm³/mol. The molecular formula is C2H2BaKLiO7. The zero-order valence-corrected chi connectivity index (χ0v) is 14.2. The van der Waals surface area contributed by atoms with Crippen LogP contribution in [0.2, 0.25) is 0 Å². The summed E-state index contributed by atoms with van der Waals surface area (Å²) in [5.41, 5.74) is 0. The van der Waals surface area contributed by atoms with Crippen LogP contribution in [-0.4, -0.2) is 66.7 Å². The molecule has 0 radical (unpaired) electrons. The van der Waals surface area contributed by atoms with Gasteiger partial charge < -0.3 is 35.5 Å². The topological polar surface area (TPSA) is 158 Å². The van der Waals surface area contributed by atoms with Crippen molar-refractivity contribution in [2.75, 3.05) is 0 Å². The normalized spacial score (nSPS) is 4.00. The van der Waals surface area contributed by atoms with Gasteiger partial charge in [0.1, 0.15) is 0 Å². The molecule has 56 valence electrons. The Kier molecular flexibility index (Phi) is 89.4. The van der Waals surface area contributed by atoms with E-state index in [0.29, 0.717) is 0 Å². The third-order valence-electron chi connectivity index (χ3n) is 0. The van der Waals surface area contributed by atoms with Gasteiger partial charge in [0.25, 0.3) is 0 Å². The standard InChI is InChI=1S/2CH2O3.Ba.K.Li.H2O/c2*2-1(3)4;;;;/h2*(H2,2,3,4);;;;1H2/q;;+2;2*+1;/p-4. The largest absolute Gasteiger partial charge is 2.00 e. The molecule has 0 spiro atoms. The van der Waals surface area contributed by atoms with Crippen molar-refractivity contribution in [1.82, 2.24) is 0 Å². The number of carboxylic acid groups (broad SMARTS) is 4. The van der Waals surface area contributed by atoms with Gasteiger partial charge in [-0.15, -0.1) is 0 Å². The van der Waals surface area contributed by atoms with Crippen LogP contribution in [0.15, 0.2) is 0 Å². The van der Waals surface area contributed by atoms with E-state index >= 15 is 0 Å². The van der Waals surface area contributed by atoms with Gasteiger partial charge in [0.15, 0.2) is 0 Å². The van der Waals surface area contributed by atoms with Crippen molar-refractivity contribution in [3.8, 4) is 0 Å². The van der Waals surface area contributed by atoms with Gasteiger partial charge in [-0.3, -0.25) is 0 Å². The molecule has 0 amide bonds. The molecule has 0 aliphatic rings. The summed E-state index contributed by atoms with van der Waals surface area (Å²) in [6.45, 7) is 0. The molecule has 2 N–H and O–H groups in total. The Morgan fingerprint density at radius 2 is 0.833 bits per heavy atom. The summed E-state index contributed by atoms with van der Waals surface area (Å²) < 4.78 is 0. The van der Waals surface area contributed by atoms with Crippen molar-refractivity contribution in [2.45, 2.75) is 0 Å². The zero-order valence-electron chi connectivity index (χ0n) is 6.66. The molecule has 0 atom stereocenters. The first-order chi connectivity index (χ1) is 3.46. The molecule has 0 fully saturated rings. The van der Waals surface area contributed by atoms with E-state index in [1.54, 1.807) is 0 Å². The molecule has 0 aromatic carbocycles. The summed E-state index contributed by atoms with van der Waals surface area (Å²) >= 11 is 0. The third kappa shape index (κ3) is 296. The SMILES string of the molecule is O.O=C([O-])[O-].O=C([O-])[O-].[Ba+2].[K+].[Li+]. The van der Waals surface area contributed by atoms with Crippen molar-refractivity contribution in [1.29, 1.82) is 0 Å². The summed E-state index contributed by atoms with van der Waals surface area (Å²) in [5, 5.41) is 33.3. The Bertz CT molecular complexity index is 79.4. The van der Waals surface area contributed by atoms with Crippen LogP contribution in [0.3, 0.4) is 0 Å². The number of carbonyl (C=O) groups excluding carboxylic acids is 2. The Morgan fingerprint density at radius 3 is 0.833 bits per heavy atom. The fraction of sp³-hybridized carbons (Fsp3) is 0. The van der Waals surface area contributed by atoms with Crippen LogP contribution in [0.1, 0.15) is 0 Å². The van der Waals surface area contributed by atoms with Gasteiger partial charge in [-0.2, -0.15) is 0 Å². The molecule has 10 heteroatoms. The van der Waals surface area contributed by atoms with Crippen molar-refractivity contribution in [3.63, 3.8) is 0 Å². The number of rotatable bonds is 0. The maximum atomic E-state index is 8.33. The second-order valence-corrected chi connectivity index (χ2v) is 0.500. The monoisotopic (exact) mass is 322 g/mol. The van der Waals surface area contributed by atoms with Gasteiger partial charge >= 0.3 is 119 Å². The van der Waals surface area contributed by atoms with Crippen LogP contribution in [-0.2, 0) is 0 Å². The first-order valence-corrected chi connectivity index (χ1v) is 1.22. The minimum Gasteiger partial charge on any atom is -0.652 e. The fourth-order valence-corrected chi connectivity index (χ4v) is 0. The number of carbonyl (C=O) groups is 2. The average Bonchev–Trinajstić information content (AvgIpc) is 1.25. The quantitative estimate of drug-likeness (QED) is 0.403. The molecule has 0 bridgehead atoms. The molecule has 7 nitrogen and oxygen atoms in total. The summed E-state index contributed by atoms with van der Waals surface area (Å²) in [7, 11) is 0. The van der Waals surface area contributed by atoms with Crippen LogP contribution in [0.4, 0.5) is 9.59 Å². The van der Waals surface area contributed by atoms with Crippen LogP contribution in [0.25, 0.3) is 0 Å². The third-order valence-corrected chi connectivity index (χ3v) is 0. The Morgan fingerprint density at radius 1 is 0.833 bits per heavy atom. The fourth-order valence-electron chi connectivity index (χ4n) is 0. The molecule has 0 saturated carbocycles. The van der Waals surface area contributed by atoms with E-state index in [9.17, 15) is 0 Å². The molecule has 0 heterocycles. The van der Waals surface area contributed by atoms with E-state index in [4.69, 9.17) is 30.0 Å². The van der Waals surface area contributed by atoms with E-state index < -0.39 is 12.3 Å². The Balaban J connectivity index is -0.0000000112. The summed E-state index contributed by atoms with van der Waals surface area (Å²) in [5.74, 6) is 0. The first-order valence-electron chi connectivity index (χ1n) is 1.22. The molecular weight excluding hydrogens is 319 g/mol. The summed E-state index contributed by atoms with van der Waals surface area (Å²) in [6.07, 6.45) is -4.67. The summed E-state index contributed by atoms with van der Waals surface area (Å²) in [6, 6.07) is 0. The van der Waals surface area contributed by atoms with E-state index in [1.807, 2.05) is 0 Å². The molecule has 0 saturated heterocycles. The van der Waals surface area contributed by atoms with Crippen molar-refractivity contribution >= 4 is 61.2 Å². The maximum absolute atomic E-state index is 8.33. The molecule has 0 aromatic rings. The maximum Gasteiger partial charge on any atom is 2.00 e. The van der Waals surface area contributed by atoms with Crippen molar-refractivity contribution < 1.29 is 106 Å². The van der Waals surface area contributed by atoms with Gasteiger partial charge in [0, 0.05) is 0 Å². The van der Waals surface area contributed by atoms with Gasteiger partial charge in [-0.05, 0) is 12.3 Å². The second-order valence-electron chi connectivity index (χ2n) is 0.500. The van der Waals surface area contributed by atoms with Crippen LogP contribution in [0, 0.1) is 0 Å². The van der Waals surface area contributed by atoms with E-state index in [0.717, 1.165) is 0 Å². The van der Waals surface area contributed by atoms with E-state index in [1.165, 1.54) is 0 Å².